The van der Waals surface area contributed by atoms with Crippen molar-refractivity contribution in [1.29, 1.82) is 0 Å². The van der Waals surface area contributed by atoms with Gasteiger partial charge in [0.25, 0.3) is 0 Å². The Labute approximate surface area is 192 Å². The van der Waals surface area contributed by atoms with Crippen LogP contribution in [0.25, 0.3) is 22.1 Å². The maximum atomic E-state index is 13.3. The number of carbonyl (C=O) groups excluding carboxylic acids is 2. The van der Waals surface area contributed by atoms with Crippen molar-refractivity contribution in [3.63, 3.8) is 0 Å². The van der Waals surface area contributed by atoms with E-state index in [1.54, 1.807) is 18.2 Å². The minimum Gasteiger partial charge on any atom is -0.380 e. The lowest BCUT2D eigenvalue weighted by atomic mass is 10.0. The summed E-state index contributed by atoms with van der Waals surface area (Å²) in [6.45, 7) is 0. The van der Waals surface area contributed by atoms with Gasteiger partial charge >= 0.3 is 0 Å². The SMILES string of the molecule is Nc1noc2cccc(-c3ccc(NC(=O)C4(C(=O)Nc5ccc(F)c(Cl)c5)CC4)cc3)c12. The summed E-state index contributed by atoms with van der Waals surface area (Å²) in [5.74, 6) is -1.12. The van der Waals surface area contributed by atoms with Crippen molar-refractivity contribution in [1.82, 2.24) is 5.16 Å². The molecule has 1 aliphatic rings. The highest BCUT2D eigenvalue weighted by Crippen LogP contribution is 2.47. The number of aromatic nitrogens is 1. The van der Waals surface area contributed by atoms with Gasteiger partial charge in [0.05, 0.1) is 10.4 Å². The lowest BCUT2D eigenvalue weighted by Gasteiger charge is -2.16. The number of carbonyl (C=O) groups is 2. The summed E-state index contributed by atoms with van der Waals surface area (Å²) in [4.78, 5) is 25.7. The monoisotopic (exact) mass is 464 g/mol. The average molecular weight is 465 g/mol. The van der Waals surface area contributed by atoms with Gasteiger partial charge < -0.3 is 20.9 Å². The molecule has 4 aromatic rings. The van der Waals surface area contributed by atoms with E-state index in [4.69, 9.17) is 21.9 Å². The van der Waals surface area contributed by atoms with Crippen LogP contribution in [0.1, 0.15) is 12.8 Å². The Morgan fingerprint density at radius 1 is 1.00 bits per heavy atom. The lowest BCUT2D eigenvalue weighted by molar-refractivity contribution is -0.131. The summed E-state index contributed by atoms with van der Waals surface area (Å²) in [6.07, 6.45) is 0.846. The van der Waals surface area contributed by atoms with Crippen LogP contribution in [0, 0.1) is 11.2 Å². The van der Waals surface area contributed by atoms with E-state index >= 15 is 0 Å². The number of halogens is 2. The molecule has 0 aliphatic heterocycles. The van der Waals surface area contributed by atoms with Crippen molar-refractivity contribution in [3.8, 4) is 11.1 Å². The van der Waals surface area contributed by atoms with E-state index in [1.807, 2.05) is 24.3 Å². The number of benzene rings is 3. The zero-order chi connectivity index (χ0) is 23.2. The standard InChI is InChI=1S/C24H18ClFN4O3/c25-17-12-15(8-9-18(17)26)29-23(32)24(10-11-24)22(31)28-14-6-4-13(5-7-14)16-2-1-3-19-20(16)21(27)30-33-19/h1-9,12H,10-11H2,(H2,27,30)(H,28,31)(H,29,32). The number of hydrogen-bond donors (Lipinski definition) is 3. The number of rotatable bonds is 5. The molecule has 33 heavy (non-hydrogen) atoms. The van der Waals surface area contributed by atoms with E-state index < -0.39 is 23.0 Å². The molecular weight excluding hydrogens is 447 g/mol. The molecule has 1 saturated carbocycles. The highest BCUT2D eigenvalue weighted by Gasteiger charge is 2.56. The van der Waals surface area contributed by atoms with Gasteiger partial charge in [-0.05, 0) is 60.4 Å². The molecule has 0 bridgehead atoms. The first kappa shape index (κ1) is 21.0. The quantitative estimate of drug-likeness (QED) is 0.350. The Kier molecular flexibility index (Phi) is 5.02. The van der Waals surface area contributed by atoms with Crippen LogP contribution in [-0.4, -0.2) is 17.0 Å². The molecule has 0 unspecified atom stereocenters. The Morgan fingerprint density at radius 2 is 1.67 bits per heavy atom. The number of fused-ring (bicyclic) bond motifs is 1. The van der Waals surface area contributed by atoms with Crippen molar-refractivity contribution in [2.75, 3.05) is 16.4 Å². The first-order chi connectivity index (χ1) is 15.9. The van der Waals surface area contributed by atoms with Gasteiger partial charge in [-0.2, -0.15) is 0 Å². The first-order valence-corrected chi connectivity index (χ1v) is 10.6. The van der Waals surface area contributed by atoms with Crippen molar-refractivity contribution in [3.05, 3.63) is 71.5 Å². The number of nitrogens with zero attached hydrogens (tertiary/aromatic N) is 1. The molecule has 1 aromatic heterocycles. The molecule has 9 heteroatoms. The number of hydrogen-bond acceptors (Lipinski definition) is 5. The molecule has 4 N–H and O–H groups in total. The van der Waals surface area contributed by atoms with Crippen LogP contribution < -0.4 is 16.4 Å². The fourth-order valence-corrected chi connectivity index (χ4v) is 3.93. The molecule has 5 rings (SSSR count). The van der Waals surface area contributed by atoms with Crippen molar-refractivity contribution < 1.29 is 18.5 Å². The zero-order valence-electron chi connectivity index (χ0n) is 17.2. The Balaban J connectivity index is 1.31. The molecule has 1 heterocycles. The maximum absolute atomic E-state index is 13.3. The van der Waals surface area contributed by atoms with Gasteiger partial charge in [0.15, 0.2) is 11.4 Å². The normalized spacial score (nSPS) is 14.1. The molecule has 3 aromatic carbocycles. The second kappa shape index (κ2) is 7.90. The molecule has 0 atom stereocenters. The van der Waals surface area contributed by atoms with Crippen LogP contribution in [0.5, 0.6) is 0 Å². The largest absolute Gasteiger partial charge is 0.380 e. The van der Waals surface area contributed by atoms with E-state index in [0.717, 1.165) is 22.6 Å². The fourth-order valence-electron chi connectivity index (χ4n) is 3.75. The van der Waals surface area contributed by atoms with Crippen LogP contribution in [0.15, 0.2) is 65.2 Å². The topological polar surface area (TPSA) is 110 Å². The molecular formula is C24H18ClFN4O3. The van der Waals surface area contributed by atoms with Gasteiger partial charge in [-0.3, -0.25) is 9.59 Å². The number of amides is 2. The van der Waals surface area contributed by atoms with E-state index in [0.29, 0.717) is 35.6 Å². The molecule has 1 aliphatic carbocycles. The smallest absolute Gasteiger partial charge is 0.240 e. The summed E-state index contributed by atoms with van der Waals surface area (Å²) < 4.78 is 18.6. The van der Waals surface area contributed by atoms with Crippen LogP contribution >= 0.6 is 11.6 Å². The number of nitrogens with one attached hydrogen (secondary N) is 2. The summed E-state index contributed by atoms with van der Waals surface area (Å²) in [7, 11) is 0. The molecule has 7 nitrogen and oxygen atoms in total. The zero-order valence-corrected chi connectivity index (χ0v) is 17.9. The van der Waals surface area contributed by atoms with Gasteiger partial charge in [0.1, 0.15) is 11.2 Å². The van der Waals surface area contributed by atoms with E-state index in [2.05, 4.69) is 15.8 Å². The third kappa shape index (κ3) is 3.78. The summed E-state index contributed by atoms with van der Waals surface area (Å²) in [5.41, 5.74) is 7.98. The van der Waals surface area contributed by atoms with Crippen molar-refractivity contribution in [2.24, 2.45) is 5.41 Å². The molecule has 166 valence electrons. The number of nitrogens with two attached hydrogens (primary N) is 1. The second-order valence-electron chi connectivity index (χ2n) is 7.94. The highest BCUT2D eigenvalue weighted by molar-refractivity contribution is 6.31. The fraction of sp³-hybridized carbons (Fsp3) is 0.125. The third-order valence-corrected chi connectivity index (χ3v) is 6.06. The second-order valence-corrected chi connectivity index (χ2v) is 8.35. The highest BCUT2D eigenvalue weighted by atomic mass is 35.5. The van der Waals surface area contributed by atoms with Crippen LogP contribution in [0.3, 0.4) is 0 Å². The van der Waals surface area contributed by atoms with Gasteiger partial charge in [-0.1, -0.05) is 41.0 Å². The number of nitrogen functional groups attached to an aromatic ring is 1. The maximum Gasteiger partial charge on any atom is 0.240 e. The molecule has 0 radical (unpaired) electrons. The summed E-state index contributed by atoms with van der Waals surface area (Å²) in [5, 5.41) is 9.90. The van der Waals surface area contributed by atoms with Crippen LogP contribution in [-0.2, 0) is 9.59 Å². The van der Waals surface area contributed by atoms with Crippen LogP contribution in [0.4, 0.5) is 21.6 Å². The molecule has 2 amide bonds. The summed E-state index contributed by atoms with van der Waals surface area (Å²) >= 11 is 5.77. The average Bonchev–Trinajstić information content (AvgIpc) is 3.55. The van der Waals surface area contributed by atoms with Gasteiger partial charge in [0.2, 0.25) is 11.8 Å². The van der Waals surface area contributed by atoms with Gasteiger partial charge in [-0.25, -0.2) is 4.39 Å². The Hall–Kier alpha value is -3.91. The molecule has 1 fully saturated rings. The van der Waals surface area contributed by atoms with E-state index in [-0.39, 0.29) is 5.02 Å². The minimum atomic E-state index is -1.16. The lowest BCUT2D eigenvalue weighted by Crippen LogP contribution is -2.35. The Morgan fingerprint density at radius 3 is 2.33 bits per heavy atom. The van der Waals surface area contributed by atoms with Gasteiger partial charge in [-0.15, -0.1) is 0 Å². The third-order valence-electron chi connectivity index (χ3n) is 5.78. The van der Waals surface area contributed by atoms with Crippen molar-refractivity contribution in [2.45, 2.75) is 12.8 Å². The summed E-state index contributed by atoms with van der Waals surface area (Å²) in [6, 6.07) is 16.6. The predicted octanol–water partition coefficient (Wildman–Crippen LogP) is 5.23. The first-order valence-electron chi connectivity index (χ1n) is 10.2. The minimum absolute atomic E-state index is 0.106. The van der Waals surface area contributed by atoms with Gasteiger partial charge in [0, 0.05) is 11.4 Å². The van der Waals surface area contributed by atoms with E-state index in [1.165, 1.54) is 12.1 Å². The molecule has 0 spiro atoms. The Bertz CT molecular complexity index is 1400. The van der Waals surface area contributed by atoms with Crippen LogP contribution in [0.2, 0.25) is 5.02 Å². The van der Waals surface area contributed by atoms with Crippen molar-refractivity contribution >= 4 is 51.6 Å². The predicted molar refractivity (Wildman–Crippen MR) is 124 cm³/mol. The number of anilines is 3. The van der Waals surface area contributed by atoms with E-state index in [9.17, 15) is 14.0 Å². The molecule has 0 saturated heterocycles.